The molecule has 0 radical (unpaired) electrons. The monoisotopic (exact) mass is 321 g/mol. The second-order valence-corrected chi connectivity index (χ2v) is 6.31. The highest BCUT2D eigenvalue weighted by molar-refractivity contribution is 5.98. The third kappa shape index (κ3) is 5.98. The summed E-state index contributed by atoms with van der Waals surface area (Å²) in [4.78, 5) is 35.4. The highest BCUT2D eigenvalue weighted by Crippen LogP contribution is 2.14. The van der Waals surface area contributed by atoms with Crippen LogP contribution in [0.4, 0.5) is 10.5 Å². The number of carbonyl (C=O) groups is 3. The Morgan fingerprint density at radius 1 is 1.22 bits per heavy atom. The van der Waals surface area contributed by atoms with Crippen molar-refractivity contribution in [2.45, 2.75) is 46.3 Å². The lowest BCUT2D eigenvalue weighted by atomic mass is 10.1. The number of amides is 3. The van der Waals surface area contributed by atoms with Gasteiger partial charge in [0.2, 0.25) is 0 Å². The van der Waals surface area contributed by atoms with Crippen LogP contribution in [0.1, 0.15) is 43.6 Å². The molecule has 0 heterocycles. The molecule has 0 saturated carbocycles. The number of hydrogen-bond acceptors (Lipinski definition) is 5. The van der Waals surface area contributed by atoms with Gasteiger partial charge in [-0.2, -0.15) is 0 Å². The fraction of sp³-hybridized carbons (Fsp3) is 0.438. The van der Waals surface area contributed by atoms with Gasteiger partial charge in [-0.25, -0.2) is 9.59 Å². The third-order valence-electron chi connectivity index (χ3n) is 2.89. The fourth-order valence-corrected chi connectivity index (χ4v) is 1.63. The molecule has 0 saturated heterocycles. The summed E-state index contributed by atoms with van der Waals surface area (Å²) in [6.45, 7) is 8.54. The summed E-state index contributed by atoms with van der Waals surface area (Å²) >= 11 is 0. The van der Waals surface area contributed by atoms with E-state index in [9.17, 15) is 14.4 Å². The minimum absolute atomic E-state index is 0.242. The molecule has 3 amide bonds. The number of ether oxygens (including phenoxy) is 1. The smallest absolute Gasteiger partial charge is 0.338 e. The van der Waals surface area contributed by atoms with E-state index in [-0.39, 0.29) is 5.56 Å². The minimum Gasteiger partial charge on any atom is -0.449 e. The zero-order valence-electron chi connectivity index (χ0n) is 14.0. The predicted octanol–water partition coefficient (Wildman–Crippen LogP) is 1.75. The largest absolute Gasteiger partial charge is 0.449 e. The van der Waals surface area contributed by atoms with Crippen LogP contribution in [-0.2, 0) is 9.53 Å². The molecule has 0 spiro atoms. The minimum atomic E-state index is -1.12. The first-order valence-electron chi connectivity index (χ1n) is 7.19. The van der Waals surface area contributed by atoms with Crippen molar-refractivity contribution in [3.8, 4) is 0 Å². The van der Waals surface area contributed by atoms with Gasteiger partial charge in [0.05, 0.1) is 5.56 Å². The lowest BCUT2D eigenvalue weighted by Crippen LogP contribution is -2.50. The lowest BCUT2D eigenvalue weighted by Gasteiger charge is -2.21. The number of nitrogens with two attached hydrogens (primary N) is 1. The number of hydrogen-bond donors (Lipinski definition) is 3. The quantitative estimate of drug-likeness (QED) is 0.580. The van der Waals surface area contributed by atoms with Gasteiger partial charge in [0.25, 0.3) is 5.91 Å². The van der Waals surface area contributed by atoms with Crippen molar-refractivity contribution >= 4 is 23.6 Å². The van der Waals surface area contributed by atoms with Crippen LogP contribution in [0.2, 0.25) is 0 Å². The Bertz CT molecular complexity index is 620. The first kappa shape index (κ1) is 18.5. The molecule has 7 nitrogen and oxygen atoms in total. The molecule has 0 bridgehead atoms. The highest BCUT2D eigenvalue weighted by Gasteiger charge is 2.22. The van der Waals surface area contributed by atoms with Gasteiger partial charge in [-0.15, -0.1) is 0 Å². The number of imide groups is 1. The van der Waals surface area contributed by atoms with Crippen molar-refractivity contribution in [2.75, 3.05) is 5.73 Å². The molecule has 1 atom stereocenters. The molecule has 0 aliphatic heterocycles. The summed E-state index contributed by atoms with van der Waals surface area (Å²) < 4.78 is 5.04. The van der Waals surface area contributed by atoms with Gasteiger partial charge in [-0.1, -0.05) is 6.07 Å². The van der Waals surface area contributed by atoms with Crippen molar-refractivity contribution in [2.24, 2.45) is 0 Å². The summed E-state index contributed by atoms with van der Waals surface area (Å²) in [5.41, 5.74) is 6.79. The second-order valence-electron chi connectivity index (χ2n) is 6.31. The normalized spacial score (nSPS) is 12.2. The van der Waals surface area contributed by atoms with Crippen molar-refractivity contribution in [3.63, 3.8) is 0 Å². The van der Waals surface area contributed by atoms with E-state index in [2.05, 4.69) is 10.6 Å². The summed E-state index contributed by atoms with van der Waals surface area (Å²) in [6, 6.07) is 4.08. The fourth-order valence-electron chi connectivity index (χ4n) is 1.63. The van der Waals surface area contributed by atoms with Crippen LogP contribution in [0.3, 0.4) is 0 Å². The van der Waals surface area contributed by atoms with Gasteiger partial charge in [-0.05, 0) is 52.3 Å². The van der Waals surface area contributed by atoms with E-state index in [1.165, 1.54) is 13.0 Å². The Morgan fingerprint density at radius 2 is 1.83 bits per heavy atom. The number of esters is 1. The SMILES string of the molecule is Cc1ccc(C(=O)O[C@H](C)C(=O)NC(=O)NC(C)(C)C)cc1N. The Hall–Kier alpha value is -2.57. The van der Waals surface area contributed by atoms with Crippen molar-refractivity contribution < 1.29 is 19.1 Å². The molecular formula is C16H23N3O4. The number of carbonyl (C=O) groups excluding carboxylic acids is 3. The number of urea groups is 1. The van der Waals surface area contributed by atoms with Crippen molar-refractivity contribution in [1.29, 1.82) is 0 Å². The summed E-state index contributed by atoms with van der Waals surface area (Å²) in [6.07, 6.45) is -1.12. The molecule has 0 aliphatic carbocycles. The molecule has 0 aliphatic rings. The van der Waals surface area contributed by atoms with Crippen LogP contribution < -0.4 is 16.4 Å². The van der Waals surface area contributed by atoms with Gasteiger partial charge >= 0.3 is 12.0 Å². The van der Waals surface area contributed by atoms with E-state index < -0.39 is 29.6 Å². The molecule has 1 aromatic rings. The maximum absolute atomic E-state index is 12.0. The first-order valence-corrected chi connectivity index (χ1v) is 7.19. The number of nitrogens with one attached hydrogen (secondary N) is 2. The van der Waals surface area contributed by atoms with Gasteiger partial charge in [0.1, 0.15) is 0 Å². The Kier molecular flexibility index (Phi) is 5.73. The van der Waals surface area contributed by atoms with Crippen molar-refractivity contribution in [3.05, 3.63) is 29.3 Å². The molecule has 1 aromatic carbocycles. The number of nitrogen functional groups attached to an aromatic ring is 1. The summed E-state index contributed by atoms with van der Waals surface area (Å²) in [5.74, 6) is -1.39. The van der Waals surface area contributed by atoms with Crippen LogP contribution in [-0.4, -0.2) is 29.6 Å². The van der Waals surface area contributed by atoms with E-state index in [1.54, 1.807) is 32.9 Å². The standard InChI is InChI=1S/C16H23N3O4/c1-9-6-7-11(8-12(9)17)14(21)23-10(2)13(20)18-15(22)19-16(3,4)5/h6-8,10H,17H2,1-5H3,(H2,18,19,20,22)/t10-/m1/s1. The van der Waals surface area contributed by atoms with E-state index in [0.717, 1.165) is 5.56 Å². The molecule has 23 heavy (non-hydrogen) atoms. The predicted molar refractivity (Wildman–Crippen MR) is 86.9 cm³/mol. The second kappa shape index (κ2) is 7.13. The maximum Gasteiger partial charge on any atom is 0.338 e. The number of aryl methyl sites for hydroxylation is 1. The first-order chi connectivity index (χ1) is 10.5. The number of anilines is 1. The van der Waals surface area contributed by atoms with Crippen LogP contribution in [0.5, 0.6) is 0 Å². The lowest BCUT2D eigenvalue weighted by molar-refractivity contribution is -0.127. The number of rotatable bonds is 3. The molecule has 0 unspecified atom stereocenters. The van der Waals surface area contributed by atoms with Gasteiger partial charge < -0.3 is 15.8 Å². The van der Waals surface area contributed by atoms with Crippen LogP contribution >= 0.6 is 0 Å². The van der Waals surface area contributed by atoms with E-state index in [0.29, 0.717) is 5.69 Å². The van der Waals surface area contributed by atoms with Gasteiger partial charge in [0, 0.05) is 11.2 Å². The topological polar surface area (TPSA) is 111 Å². The molecule has 1 rings (SSSR count). The molecular weight excluding hydrogens is 298 g/mol. The van der Waals surface area contributed by atoms with E-state index >= 15 is 0 Å². The van der Waals surface area contributed by atoms with Crippen LogP contribution in [0.25, 0.3) is 0 Å². The van der Waals surface area contributed by atoms with Gasteiger partial charge in [0.15, 0.2) is 6.10 Å². The number of benzene rings is 1. The third-order valence-corrected chi connectivity index (χ3v) is 2.89. The molecule has 0 aromatic heterocycles. The molecule has 4 N–H and O–H groups in total. The Morgan fingerprint density at radius 3 is 2.35 bits per heavy atom. The zero-order valence-corrected chi connectivity index (χ0v) is 14.0. The highest BCUT2D eigenvalue weighted by atomic mass is 16.5. The molecule has 7 heteroatoms. The zero-order chi connectivity index (χ0) is 17.8. The van der Waals surface area contributed by atoms with Gasteiger partial charge in [-0.3, -0.25) is 10.1 Å². The molecule has 0 fully saturated rings. The van der Waals surface area contributed by atoms with Crippen molar-refractivity contribution in [1.82, 2.24) is 10.6 Å². The molecule has 126 valence electrons. The average Bonchev–Trinajstić information content (AvgIpc) is 2.39. The Labute approximate surface area is 135 Å². The summed E-state index contributed by atoms with van der Waals surface area (Å²) in [5, 5.41) is 4.70. The average molecular weight is 321 g/mol. The van der Waals surface area contributed by atoms with Crippen LogP contribution in [0.15, 0.2) is 18.2 Å². The van der Waals surface area contributed by atoms with E-state index in [4.69, 9.17) is 10.5 Å². The van der Waals surface area contributed by atoms with Crippen LogP contribution in [0, 0.1) is 6.92 Å². The Balaban J connectivity index is 2.62. The van der Waals surface area contributed by atoms with E-state index in [1.807, 2.05) is 6.92 Å². The maximum atomic E-state index is 12.0. The summed E-state index contributed by atoms with van der Waals surface area (Å²) in [7, 11) is 0.